The summed E-state index contributed by atoms with van der Waals surface area (Å²) in [6.45, 7) is 9.94. The maximum absolute atomic E-state index is 12.1. The monoisotopic (exact) mass is 304 g/mol. The van der Waals surface area contributed by atoms with Gasteiger partial charge in [-0.15, -0.1) is 0 Å². The molecular weight excluding hydrogens is 276 g/mol. The molecule has 0 saturated heterocycles. The summed E-state index contributed by atoms with van der Waals surface area (Å²) in [5.41, 5.74) is -0.999. The van der Waals surface area contributed by atoms with Crippen molar-refractivity contribution in [1.29, 1.82) is 0 Å². The van der Waals surface area contributed by atoms with Crippen molar-refractivity contribution in [3.63, 3.8) is 0 Å². The van der Waals surface area contributed by atoms with E-state index in [0.717, 1.165) is 0 Å². The van der Waals surface area contributed by atoms with Crippen LogP contribution >= 0.6 is 0 Å². The summed E-state index contributed by atoms with van der Waals surface area (Å²) in [6, 6.07) is -0.302. The van der Waals surface area contributed by atoms with E-state index in [2.05, 4.69) is 5.32 Å². The van der Waals surface area contributed by atoms with Gasteiger partial charge < -0.3 is 24.8 Å². The quantitative estimate of drug-likeness (QED) is 0.560. The largest absolute Gasteiger partial charge is 0.481 e. The molecule has 0 bridgehead atoms. The zero-order valence-corrected chi connectivity index (χ0v) is 13.5. The number of amides is 2. The van der Waals surface area contributed by atoms with E-state index in [4.69, 9.17) is 14.6 Å². The Bertz CT molecular complexity index is 310. The Morgan fingerprint density at radius 3 is 1.95 bits per heavy atom. The lowest BCUT2D eigenvalue weighted by Gasteiger charge is -2.26. The van der Waals surface area contributed by atoms with E-state index in [0.29, 0.717) is 39.5 Å². The molecule has 7 nitrogen and oxygen atoms in total. The third-order valence-corrected chi connectivity index (χ3v) is 2.97. The Morgan fingerprint density at radius 1 is 1.10 bits per heavy atom. The lowest BCUT2D eigenvalue weighted by molar-refractivity contribution is -0.146. The van der Waals surface area contributed by atoms with Gasteiger partial charge >= 0.3 is 12.0 Å². The second-order valence-electron chi connectivity index (χ2n) is 5.23. The first-order valence-corrected chi connectivity index (χ1v) is 7.26. The first kappa shape index (κ1) is 19.7. The molecule has 0 rings (SSSR count). The molecule has 0 radical (unpaired) electrons. The highest BCUT2D eigenvalue weighted by Crippen LogP contribution is 2.13. The minimum absolute atomic E-state index is 0.0704. The van der Waals surface area contributed by atoms with Gasteiger partial charge in [-0.1, -0.05) is 0 Å². The first-order chi connectivity index (χ1) is 9.85. The molecular formula is C14H28N2O5. The average Bonchev–Trinajstić information content (AvgIpc) is 2.43. The zero-order chi connectivity index (χ0) is 16.3. The number of nitrogens with zero attached hydrogens (tertiary/aromatic N) is 1. The summed E-state index contributed by atoms with van der Waals surface area (Å²) in [6.07, 6.45) is 0. The zero-order valence-electron chi connectivity index (χ0n) is 13.5. The van der Waals surface area contributed by atoms with Crippen LogP contribution in [0.3, 0.4) is 0 Å². The fraction of sp³-hybridized carbons (Fsp3) is 0.857. The summed E-state index contributed by atoms with van der Waals surface area (Å²) in [5, 5.41) is 11.7. The van der Waals surface area contributed by atoms with Crippen LogP contribution in [0, 0.1) is 5.41 Å². The Balaban J connectivity index is 4.37. The molecule has 0 atom stereocenters. The second-order valence-corrected chi connectivity index (χ2v) is 5.23. The van der Waals surface area contributed by atoms with Gasteiger partial charge in [0, 0.05) is 32.8 Å². The lowest BCUT2D eigenvalue weighted by atomic mass is 9.94. The molecule has 0 aromatic rings. The summed E-state index contributed by atoms with van der Waals surface area (Å²) in [7, 11) is 0. The molecule has 0 heterocycles. The van der Waals surface area contributed by atoms with Gasteiger partial charge in [0.05, 0.1) is 18.6 Å². The number of carbonyl (C=O) groups excluding carboxylic acids is 1. The fourth-order valence-electron chi connectivity index (χ4n) is 1.44. The number of aliphatic carboxylic acids is 1. The second kappa shape index (κ2) is 10.4. The predicted molar refractivity (Wildman–Crippen MR) is 79.4 cm³/mol. The number of ether oxygens (including phenoxy) is 2. The smallest absolute Gasteiger partial charge is 0.317 e. The van der Waals surface area contributed by atoms with Crippen LogP contribution in [0.15, 0.2) is 0 Å². The van der Waals surface area contributed by atoms with Gasteiger partial charge in [0.15, 0.2) is 0 Å². The third-order valence-electron chi connectivity index (χ3n) is 2.97. The third kappa shape index (κ3) is 8.52. The van der Waals surface area contributed by atoms with Gasteiger partial charge in [-0.25, -0.2) is 4.79 Å². The molecule has 2 N–H and O–H groups in total. The molecule has 2 amide bonds. The van der Waals surface area contributed by atoms with E-state index in [-0.39, 0.29) is 12.6 Å². The highest BCUT2D eigenvalue weighted by atomic mass is 16.5. The molecule has 0 saturated carbocycles. The van der Waals surface area contributed by atoms with Crippen molar-refractivity contribution in [3.8, 4) is 0 Å². The number of nitrogens with one attached hydrogen (secondary N) is 1. The SMILES string of the molecule is CCOCCN(CCOCC)C(=O)NCC(C)(C)C(=O)O. The molecule has 124 valence electrons. The molecule has 21 heavy (non-hydrogen) atoms. The van der Waals surface area contributed by atoms with Crippen LogP contribution < -0.4 is 5.32 Å². The van der Waals surface area contributed by atoms with Crippen molar-refractivity contribution in [1.82, 2.24) is 10.2 Å². The number of rotatable bonds is 11. The van der Waals surface area contributed by atoms with Crippen molar-refractivity contribution >= 4 is 12.0 Å². The van der Waals surface area contributed by atoms with Gasteiger partial charge in [0.2, 0.25) is 0 Å². The van der Waals surface area contributed by atoms with Gasteiger partial charge in [-0.05, 0) is 27.7 Å². The van der Waals surface area contributed by atoms with Crippen LogP contribution in [0.4, 0.5) is 4.79 Å². The average molecular weight is 304 g/mol. The van der Waals surface area contributed by atoms with E-state index in [9.17, 15) is 9.59 Å². The Labute approximate surface area is 126 Å². The van der Waals surface area contributed by atoms with Crippen LogP contribution in [-0.2, 0) is 14.3 Å². The Hall–Kier alpha value is -1.34. The van der Waals surface area contributed by atoms with Gasteiger partial charge in [0.1, 0.15) is 0 Å². The minimum atomic E-state index is -0.999. The molecule has 0 aliphatic rings. The Morgan fingerprint density at radius 2 is 1.57 bits per heavy atom. The van der Waals surface area contributed by atoms with Crippen molar-refractivity contribution < 1.29 is 24.2 Å². The number of hydrogen-bond donors (Lipinski definition) is 2. The number of carboxylic acid groups (broad SMARTS) is 1. The fourth-order valence-corrected chi connectivity index (χ4v) is 1.44. The van der Waals surface area contributed by atoms with E-state index in [1.807, 2.05) is 13.8 Å². The van der Waals surface area contributed by atoms with Crippen LogP contribution in [0.1, 0.15) is 27.7 Å². The molecule has 0 aromatic carbocycles. The molecule has 0 fully saturated rings. The molecule has 0 unspecified atom stereocenters. The van der Waals surface area contributed by atoms with Gasteiger partial charge in [-0.3, -0.25) is 4.79 Å². The molecule has 7 heteroatoms. The standard InChI is InChI=1S/C14H28N2O5/c1-5-20-9-7-16(8-10-21-6-2)13(19)15-11-14(3,4)12(17)18/h5-11H2,1-4H3,(H,15,19)(H,17,18). The highest BCUT2D eigenvalue weighted by Gasteiger charge is 2.28. The number of urea groups is 1. The van der Waals surface area contributed by atoms with E-state index < -0.39 is 11.4 Å². The summed E-state index contributed by atoms with van der Waals surface area (Å²) >= 11 is 0. The van der Waals surface area contributed by atoms with Crippen molar-refractivity contribution in [2.24, 2.45) is 5.41 Å². The lowest BCUT2D eigenvalue weighted by Crippen LogP contribution is -2.47. The van der Waals surface area contributed by atoms with Gasteiger partial charge in [0.25, 0.3) is 0 Å². The maximum Gasteiger partial charge on any atom is 0.317 e. The van der Waals surface area contributed by atoms with Crippen LogP contribution in [0.25, 0.3) is 0 Å². The van der Waals surface area contributed by atoms with Crippen LogP contribution in [-0.4, -0.2) is 68.1 Å². The molecule has 0 aromatic heterocycles. The summed E-state index contributed by atoms with van der Waals surface area (Å²) in [4.78, 5) is 24.7. The highest BCUT2D eigenvalue weighted by molar-refractivity contribution is 5.77. The molecule has 0 spiro atoms. The molecule has 0 aliphatic carbocycles. The van der Waals surface area contributed by atoms with E-state index >= 15 is 0 Å². The number of hydrogen-bond acceptors (Lipinski definition) is 4. The maximum atomic E-state index is 12.1. The van der Waals surface area contributed by atoms with E-state index in [1.54, 1.807) is 18.7 Å². The van der Waals surface area contributed by atoms with Gasteiger partial charge in [-0.2, -0.15) is 0 Å². The van der Waals surface area contributed by atoms with Crippen molar-refractivity contribution in [3.05, 3.63) is 0 Å². The topological polar surface area (TPSA) is 88.1 Å². The van der Waals surface area contributed by atoms with Crippen molar-refractivity contribution in [2.45, 2.75) is 27.7 Å². The van der Waals surface area contributed by atoms with E-state index in [1.165, 1.54) is 0 Å². The Kier molecular flexibility index (Phi) is 9.73. The first-order valence-electron chi connectivity index (χ1n) is 7.26. The number of carbonyl (C=O) groups is 2. The predicted octanol–water partition coefficient (Wildman–Crippen LogP) is 1.18. The summed E-state index contributed by atoms with van der Waals surface area (Å²) in [5.74, 6) is -0.946. The minimum Gasteiger partial charge on any atom is -0.481 e. The van der Waals surface area contributed by atoms with Crippen LogP contribution in [0.2, 0.25) is 0 Å². The van der Waals surface area contributed by atoms with Crippen LogP contribution in [0.5, 0.6) is 0 Å². The molecule has 0 aliphatic heterocycles. The normalized spacial score (nSPS) is 11.2. The summed E-state index contributed by atoms with van der Waals surface area (Å²) < 4.78 is 10.5. The van der Waals surface area contributed by atoms with Crippen molar-refractivity contribution in [2.75, 3.05) is 46.1 Å². The number of carboxylic acids is 1.